The summed E-state index contributed by atoms with van der Waals surface area (Å²) < 4.78 is 26.8. The van der Waals surface area contributed by atoms with Crippen molar-refractivity contribution in [2.45, 2.75) is 17.4 Å². The molecule has 2 rings (SSSR count). The predicted molar refractivity (Wildman–Crippen MR) is 76.7 cm³/mol. The van der Waals surface area contributed by atoms with Gasteiger partial charge >= 0.3 is 5.97 Å². The van der Waals surface area contributed by atoms with Gasteiger partial charge in [0, 0.05) is 17.1 Å². The van der Waals surface area contributed by atoms with Crippen molar-refractivity contribution in [2.24, 2.45) is 0 Å². The van der Waals surface area contributed by atoms with E-state index in [4.69, 9.17) is 5.11 Å². The van der Waals surface area contributed by atoms with E-state index in [0.29, 0.717) is 4.88 Å². The Labute approximate surface area is 124 Å². The first-order chi connectivity index (χ1) is 9.88. The number of carboxylic acid groups (broad SMARTS) is 1. The van der Waals surface area contributed by atoms with Crippen LogP contribution in [-0.2, 0) is 14.8 Å². The van der Waals surface area contributed by atoms with Crippen molar-refractivity contribution < 1.29 is 18.3 Å². The molecule has 0 aromatic carbocycles. The Hall–Kier alpha value is -1.97. The van der Waals surface area contributed by atoms with Crippen molar-refractivity contribution in [3.8, 4) is 0 Å². The number of sulfonamides is 1. The van der Waals surface area contributed by atoms with E-state index < -0.39 is 27.6 Å². The fourth-order valence-corrected chi connectivity index (χ4v) is 3.72. The third kappa shape index (κ3) is 4.00. The van der Waals surface area contributed by atoms with E-state index in [2.05, 4.69) is 9.71 Å². The van der Waals surface area contributed by atoms with Gasteiger partial charge in [-0.25, -0.2) is 13.1 Å². The van der Waals surface area contributed by atoms with E-state index in [0.717, 1.165) is 18.3 Å². The Morgan fingerprint density at radius 2 is 2.14 bits per heavy atom. The van der Waals surface area contributed by atoms with E-state index in [1.807, 2.05) is 0 Å². The number of carboxylic acids is 1. The molecule has 2 aromatic heterocycles. The molecule has 0 saturated carbocycles. The molecule has 2 aromatic rings. The molecule has 9 heteroatoms. The number of thiophene rings is 1. The molecule has 2 heterocycles. The molecular weight excluding hydrogens is 316 g/mol. The van der Waals surface area contributed by atoms with Crippen LogP contribution in [-0.4, -0.2) is 24.5 Å². The highest BCUT2D eigenvalue weighted by Crippen LogP contribution is 2.24. The molecule has 0 bridgehead atoms. The van der Waals surface area contributed by atoms with Gasteiger partial charge in [0.2, 0.25) is 15.6 Å². The summed E-state index contributed by atoms with van der Waals surface area (Å²) in [4.78, 5) is 24.6. The smallest absolute Gasteiger partial charge is 0.305 e. The van der Waals surface area contributed by atoms with Crippen molar-refractivity contribution in [3.63, 3.8) is 0 Å². The lowest BCUT2D eigenvalue weighted by atomic mass is 10.2. The van der Waals surface area contributed by atoms with Crippen LogP contribution in [0.15, 0.2) is 45.5 Å². The second-order valence-electron chi connectivity index (χ2n) is 4.18. The second kappa shape index (κ2) is 6.20. The molecule has 0 radical (unpaired) electrons. The Morgan fingerprint density at radius 3 is 2.67 bits per heavy atom. The zero-order valence-electron chi connectivity index (χ0n) is 10.6. The summed E-state index contributed by atoms with van der Waals surface area (Å²) >= 11 is 1.26. The van der Waals surface area contributed by atoms with Crippen molar-refractivity contribution in [1.82, 2.24) is 9.71 Å². The minimum atomic E-state index is -3.92. The Bertz CT molecular complexity index is 760. The lowest BCUT2D eigenvalue weighted by molar-refractivity contribution is -0.137. The van der Waals surface area contributed by atoms with Crippen LogP contribution in [0.25, 0.3) is 0 Å². The zero-order chi connectivity index (χ0) is 15.5. The normalized spacial score (nSPS) is 13.0. The standard InChI is InChI=1S/C12H12N2O5S2/c15-11-4-3-8(7-13-11)21(18,19)14-9(6-12(16)17)10-2-1-5-20-10/h1-5,7,9,14H,6H2,(H,13,15)(H,16,17). The number of hydrogen-bond acceptors (Lipinski definition) is 5. The molecule has 1 unspecified atom stereocenters. The van der Waals surface area contributed by atoms with Gasteiger partial charge < -0.3 is 10.1 Å². The van der Waals surface area contributed by atoms with Gasteiger partial charge in [-0.2, -0.15) is 0 Å². The van der Waals surface area contributed by atoms with Gasteiger partial charge in [-0.05, 0) is 17.5 Å². The monoisotopic (exact) mass is 328 g/mol. The van der Waals surface area contributed by atoms with Crippen LogP contribution in [0.5, 0.6) is 0 Å². The zero-order valence-corrected chi connectivity index (χ0v) is 12.3. The van der Waals surface area contributed by atoms with Crippen LogP contribution in [0.2, 0.25) is 0 Å². The molecule has 7 nitrogen and oxygen atoms in total. The molecule has 0 fully saturated rings. The molecule has 0 spiro atoms. The summed E-state index contributed by atoms with van der Waals surface area (Å²) in [5.41, 5.74) is -0.422. The third-order valence-corrected chi connectivity index (χ3v) is 5.08. The molecule has 0 aliphatic rings. The SMILES string of the molecule is O=C(O)CC(NS(=O)(=O)c1ccc(=O)[nH]c1)c1cccs1. The highest BCUT2D eigenvalue weighted by Gasteiger charge is 2.24. The first kappa shape index (κ1) is 15.4. The molecule has 0 aliphatic carbocycles. The number of rotatable bonds is 6. The summed E-state index contributed by atoms with van der Waals surface area (Å²) in [6.45, 7) is 0. The van der Waals surface area contributed by atoms with Crippen LogP contribution in [0, 0.1) is 0 Å². The van der Waals surface area contributed by atoms with Crippen LogP contribution in [0.3, 0.4) is 0 Å². The number of aromatic amines is 1. The third-order valence-electron chi connectivity index (χ3n) is 2.63. The predicted octanol–water partition coefficient (Wildman–Crippen LogP) is 0.931. The molecule has 1 atom stereocenters. The van der Waals surface area contributed by atoms with Crippen LogP contribution in [0.4, 0.5) is 0 Å². The molecule has 0 amide bonds. The first-order valence-electron chi connectivity index (χ1n) is 5.85. The molecular formula is C12H12N2O5S2. The van der Waals surface area contributed by atoms with E-state index in [-0.39, 0.29) is 11.3 Å². The minimum absolute atomic E-state index is 0.131. The van der Waals surface area contributed by atoms with Gasteiger partial charge in [-0.15, -0.1) is 11.3 Å². The Balaban J connectivity index is 2.29. The Morgan fingerprint density at radius 1 is 1.38 bits per heavy atom. The van der Waals surface area contributed by atoms with E-state index in [9.17, 15) is 18.0 Å². The summed E-state index contributed by atoms with van der Waals surface area (Å²) in [5.74, 6) is -1.11. The highest BCUT2D eigenvalue weighted by atomic mass is 32.2. The van der Waals surface area contributed by atoms with Crippen molar-refractivity contribution in [2.75, 3.05) is 0 Å². The van der Waals surface area contributed by atoms with E-state index >= 15 is 0 Å². The second-order valence-corrected chi connectivity index (χ2v) is 6.87. The van der Waals surface area contributed by atoms with Gasteiger partial charge in [0.25, 0.3) is 0 Å². The number of aliphatic carboxylic acids is 1. The lowest BCUT2D eigenvalue weighted by Gasteiger charge is -2.15. The van der Waals surface area contributed by atoms with Crippen molar-refractivity contribution in [3.05, 3.63) is 51.1 Å². The van der Waals surface area contributed by atoms with Gasteiger partial charge in [-0.1, -0.05) is 6.07 Å². The average molecular weight is 328 g/mol. The van der Waals surface area contributed by atoms with Crippen LogP contribution >= 0.6 is 11.3 Å². The first-order valence-corrected chi connectivity index (χ1v) is 8.21. The summed E-state index contributed by atoms with van der Waals surface area (Å²) in [6, 6.07) is 4.76. The number of hydrogen-bond donors (Lipinski definition) is 3. The summed E-state index contributed by atoms with van der Waals surface area (Å²) in [5, 5.41) is 10.6. The lowest BCUT2D eigenvalue weighted by Crippen LogP contribution is -2.30. The summed E-state index contributed by atoms with van der Waals surface area (Å²) in [7, 11) is -3.92. The fraction of sp³-hybridized carbons (Fsp3) is 0.167. The van der Waals surface area contributed by atoms with E-state index in [1.54, 1.807) is 17.5 Å². The molecule has 3 N–H and O–H groups in total. The molecule has 21 heavy (non-hydrogen) atoms. The quantitative estimate of drug-likeness (QED) is 0.729. The molecule has 112 valence electrons. The van der Waals surface area contributed by atoms with E-state index in [1.165, 1.54) is 11.3 Å². The summed E-state index contributed by atoms with van der Waals surface area (Å²) in [6.07, 6.45) is 0.694. The van der Waals surface area contributed by atoms with Crippen LogP contribution in [0.1, 0.15) is 17.3 Å². The largest absolute Gasteiger partial charge is 0.481 e. The topological polar surface area (TPSA) is 116 Å². The number of carbonyl (C=O) groups is 1. The number of pyridine rings is 1. The van der Waals surface area contributed by atoms with Crippen molar-refractivity contribution >= 4 is 27.3 Å². The average Bonchev–Trinajstić information content (AvgIpc) is 2.91. The fourth-order valence-electron chi connectivity index (χ4n) is 1.68. The number of aromatic nitrogens is 1. The maximum Gasteiger partial charge on any atom is 0.305 e. The van der Waals surface area contributed by atoms with Gasteiger partial charge in [-0.3, -0.25) is 9.59 Å². The van der Waals surface area contributed by atoms with Crippen molar-refractivity contribution in [1.29, 1.82) is 0 Å². The highest BCUT2D eigenvalue weighted by molar-refractivity contribution is 7.89. The maximum absolute atomic E-state index is 12.2. The Kier molecular flexibility index (Phi) is 4.56. The number of nitrogens with one attached hydrogen (secondary N) is 2. The minimum Gasteiger partial charge on any atom is -0.481 e. The maximum atomic E-state index is 12.2. The van der Waals surface area contributed by atoms with Gasteiger partial charge in [0.05, 0.1) is 17.4 Å². The molecule has 0 saturated heterocycles. The van der Waals surface area contributed by atoms with Gasteiger partial charge in [0.15, 0.2) is 0 Å². The van der Waals surface area contributed by atoms with Crippen LogP contribution < -0.4 is 10.3 Å². The van der Waals surface area contributed by atoms with Gasteiger partial charge in [0.1, 0.15) is 0 Å². The molecule has 0 aliphatic heterocycles. The number of H-pyrrole nitrogens is 1.